The van der Waals surface area contributed by atoms with E-state index in [4.69, 9.17) is 9.47 Å². The van der Waals surface area contributed by atoms with Gasteiger partial charge >= 0.3 is 0 Å². The molecule has 1 aliphatic carbocycles. The fourth-order valence-electron chi connectivity index (χ4n) is 4.30. The highest BCUT2D eigenvalue weighted by atomic mass is 32.2. The number of nitrogens with one attached hydrogen (secondary N) is 2. The van der Waals surface area contributed by atoms with Crippen LogP contribution in [0.4, 0.5) is 11.4 Å². The SMILES string of the molecule is Cc1ccc(N(CC(=O)NC2CCCCC2)C(=O)C[S@@](=O)CC(=O)Nc2ccc3c(c2)OCO3)cc1. The van der Waals surface area contributed by atoms with E-state index in [1.54, 1.807) is 30.3 Å². The highest BCUT2D eigenvalue weighted by molar-refractivity contribution is 7.86. The van der Waals surface area contributed by atoms with Gasteiger partial charge in [-0.3, -0.25) is 18.6 Å². The summed E-state index contributed by atoms with van der Waals surface area (Å²) in [4.78, 5) is 39.6. The van der Waals surface area contributed by atoms with Crippen LogP contribution < -0.4 is 25.0 Å². The third-order valence-electron chi connectivity index (χ3n) is 6.15. The van der Waals surface area contributed by atoms with Gasteiger partial charge in [0.2, 0.25) is 24.5 Å². The Hall–Kier alpha value is -3.40. The number of amides is 3. The normalized spacial score (nSPS) is 15.7. The molecule has 1 fully saturated rings. The first-order valence-electron chi connectivity index (χ1n) is 12.1. The van der Waals surface area contributed by atoms with Crippen LogP contribution in [-0.4, -0.2) is 52.8 Å². The van der Waals surface area contributed by atoms with Gasteiger partial charge in [-0.05, 0) is 44.0 Å². The van der Waals surface area contributed by atoms with E-state index >= 15 is 0 Å². The van der Waals surface area contributed by atoms with Crippen LogP contribution in [0.5, 0.6) is 11.5 Å². The number of hydrogen-bond acceptors (Lipinski definition) is 6. The maximum Gasteiger partial charge on any atom is 0.240 e. The number of aryl methyl sites for hydroxylation is 1. The summed E-state index contributed by atoms with van der Waals surface area (Å²) in [5, 5.41) is 5.69. The minimum Gasteiger partial charge on any atom is -0.454 e. The molecule has 10 heteroatoms. The van der Waals surface area contributed by atoms with Gasteiger partial charge in [-0.15, -0.1) is 0 Å². The van der Waals surface area contributed by atoms with Crippen LogP contribution in [0.15, 0.2) is 42.5 Å². The number of anilines is 2. The number of carbonyl (C=O) groups is 3. The summed E-state index contributed by atoms with van der Waals surface area (Å²) in [5.74, 6) is -0.837. The molecule has 1 heterocycles. The first-order chi connectivity index (χ1) is 17.4. The van der Waals surface area contributed by atoms with Gasteiger partial charge in [0.1, 0.15) is 18.1 Å². The van der Waals surface area contributed by atoms with Crippen LogP contribution in [-0.2, 0) is 25.2 Å². The van der Waals surface area contributed by atoms with Gasteiger partial charge in [0.25, 0.3) is 0 Å². The number of hydrogen-bond donors (Lipinski definition) is 2. The average molecular weight is 514 g/mol. The number of fused-ring (bicyclic) bond motifs is 1. The molecule has 0 aromatic heterocycles. The fourth-order valence-corrected chi connectivity index (χ4v) is 5.19. The van der Waals surface area contributed by atoms with Crippen LogP contribution in [0, 0.1) is 6.92 Å². The van der Waals surface area contributed by atoms with Crippen molar-refractivity contribution in [1.29, 1.82) is 0 Å². The summed E-state index contributed by atoms with van der Waals surface area (Å²) in [6.45, 7) is 1.88. The monoisotopic (exact) mass is 513 g/mol. The summed E-state index contributed by atoms with van der Waals surface area (Å²) in [6.07, 6.45) is 5.21. The van der Waals surface area contributed by atoms with Gasteiger partial charge in [0, 0.05) is 34.3 Å². The second-order valence-electron chi connectivity index (χ2n) is 9.06. The Morgan fingerprint density at radius 3 is 2.42 bits per heavy atom. The van der Waals surface area contributed by atoms with E-state index in [0.717, 1.165) is 31.2 Å². The van der Waals surface area contributed by atoms with Crippen molar-refractivity contribution in [3.63, 3.8) is 0 Å². The molecule has 0 spiro atoms. The molecule has 3 amide bonds. The van der Waals surface area contributed by atoms with Gasteiger partial charge in [-0.2, -0.15) is 0 Å². The molecule has 2 aromatic rings. The Kier molecular flexibility index (Phi) is 8.58. The molecule has 192 valence electrons. The van der Waals surface area contributed by atoms with Crippen molar-refractivity contribution in [1.82, 2.24) is 5.32 Å². The number of carbonyl (C=O) groups excluding carboxylic acids is 3. The molecule has 9 nitrogen and oxygen atoms in total. The third-order valence-corrected chi connectivity index (χ3v) is 7.30. The van der Waals surface area contributed by atoms with Crippen LogP contribution in [0.3, 0.4) is 0 Å². The molecule has 0 saturated heterocycles. The summed E-state index contributed by atoms with van der Waals surface area (Å²) in [6, 6.07) is 12.3. The van der Waals surface area contributed by atoms with Gasteiger partial charge < -0.3 is 25.0 Å². The van der Waals surface area contributed by atoms with Gasteiger partial charge in [0.05, 0.1) is 0 Å². The Morgan fingerprint density at radius 2 is 1.67 bits per heavy atom. The van der Waals surface area contributed by atoms with E-state index in [0.29, 0.717) is 22.9 Å². The highest BCUT2D eigenvalue weighted by Crippen LogP contribution is 2.34. The Bertz CT molecular complexity index is 1130. The number of benzene rings is 2. The van der Waals surface area contributed by atoms with E-state index in [-0.39, 0.29) is 36.8 Å². The average Bonchev–Trinajstić information content (AvgIpc) is 3.31. The van der Waals surface area contributed by atoms with Crippen molar-refractivity contribution >= 4 is 39.9 Å². The maximum atomic E-state index is 13.1. The lowest BCUT2D eigenvalue weighted by Gasteiger charge is -2.26. The van der Waals surface area contributed by atoms with E-state index in [2.05, 4.69) is 10.6 Å². The van der Waals surface area contributed by atoms with Gasteiger partial charge in [-0.25, -0.2) is 0 Å². The number of nitrogens with zero attached hydrogens (tertiary/aromatic N) is 1. The molecule has 2 N–H and O–H groups in total. The Morgan fingerprint density at radius 1 is 0.944 bits per heavy atom. The predicted octanol–water partition coefficient (Wildman–Crippen LogP) is 2.89. The topological polar surface area (TPSA) is 114 Å². The zero-order valence-electron chi connectivity index (χ0n) is 20.3. The van der Waals surface area contributed by atoms with Crippen molar-refractivity contribution in [2.24, 2.45) is 0 Å². The van der Waals surface area contributed by atoms with E-state index < -0.39 is 22.6 Å². The van der Waals surface area contributed by atoms with Crippen LogP contribution in [0.2, 0.25) is 0 Å². The Labute approximate surface area is 213 Å². The molecule has 2 aromatic carbocycles. The summed E-state index contributed by atoms with van der Waals surface area (Å²) >= 11 is 0. The van der Waals surface area contributed by atoms with Crippen molar-refractivity contribution in [2.75, 3.05) is 35.1 Å². The molecule has 1 atom stereocenters. The van der Waals surface area contributed by atoms with Crippen molar-refractivity contribution in [2.45, 2.75) is 45.1 Å². The molecule has 0 unspecified atom stereocenters. The highest BCUT2D eigenvalue weighted by Gasteiger charge is 2.24. The maximum absolute atomic E-state index is 13.1. The standard InChI is InChI=1S/C26H31N3O6S/c1-18-7-10-21(11-8-18)29(14-24(30)27-19-5-3-2-4-6-19)26(32)16-36(33)15-25(31)28-20-9-12-22-23(13-20)35-17-34-22/h7-13,19H,2-6,14-17H2,1H3,(H,27,30)(H,28,31)/t36-/m0/s1. The molecule has 0 radical (unpaired) electrons. The molecule has 1 saturated carbocycles. The predicted molar refractivity (Wildman–Crippen MR) is 138 cm³/mol. The zero-order valence-corrected chi connectivity index (χ0v) is 21.1. The van der Waals surface area contributed by atoms with Crippen molar-refractivity contribution in [3.05, 3.63) is 48.0 Å². The lowest BCUT2D eigenvalue weighted by molar-refractivity contribution is -0.123. The summed E-state index contributed by atoms with van der Waals surface area (Å²) in [5.41, 5.74) is 2.04. The smallest absolute Gasteiger partial charge is 0.240 e. The van der Waals surface area contributed by atoms with E-state index in [1.165, 1.54) is 11.3 Å². The third kappa shape index (κ3) is 7.07. The van der Waals surface area contributed by atoms with Crippen molar-refractivity contribution in [3.8, 4) is 11.5 Å². The van der Waals surface area contributed by atoms with Crippen LogP contribution in [0.1, 0.15) is 37.7 Å². The molecular formula is C26H31N3O6S. The van der Waals surface area contributed by atoms with E-state index in [1.807, 2.05) is 19.1 Å². The first kappa shape index (κ1) is 25.7. The fraction of sp³-hybridized carbons (Fsp3) is 0.423. The van der Waals surface area contributed by atoms with Gasteiger partial charge in [-0.1, -0.05) is 37.0 Å². The molecular weight excluding hydrogens is 482 g/mol. The molecule has 2 aliphatic rings. The summed E-state index contributed by atoms with van der Waals surface area (Å²) in [7, 11) is -1.76. The minimum atomic E-state index is -1.76. The summed E-state index contributed by atoms with van der Waals surface area (Å²) < 4.78 is 23.2. The first-order valence-corrected chi connectivity index (χ1v) is 13.6. The lowest BCUT2D eigenvalue weighted by atomic mass is 9.95. The largest absolute Gasteiger partial charge is 0.454 e. The van der Waals surface area contributed by atoms with Crippen molar-refractivity contribution < 1.29 is 28.1 Å². The Balaban J connectivity index is 1.35. The zero-order chi connectivity index (χ0) is 25.5. The lowest BCUT2D eigenvalue weighted by Crippen LogP contribution is -2.46. The van der Waals surface area contributed by atoms with Crippen LogP contribution in [0.25, 0.3) is 0 Å². The molecule has 0 bridgehead atoms. The quantitative estimate of drug-likeness (QED) is 0.533. The molecule has 36 heavy (non-hydrogen) atoms. The minimum absolute atomic E-state index is 0.120. The number of ether oxygens (including phenoxy) is 2. The molecule has 4 rings (SSSR count). The second-order valence-corrected chi connectivity index (χ2v) is 10.5. The van der Waals surface area contributed by atoms with Crippen LogP contribution >= 0.6 is 0 Å². The van der Waals surface area contributed by atoms with Gasteiger partial charge in [0.15, 0.2) is 11.5 Å². The molecule has 1 aliphatic heterocycles. The number of rotatable bonds is 9. The second kappa shape index (κ2) is 12.0. The van der Waals surface area contributed by atoms with E-state index in [9.17, 15) is 18.6 Å².